The molecule has 0 atom stereocenters. The van der Waals surface area contributed by atoms with Crippen molar-refractivity contribution in [2.75, 3.05) is 0 Å². The van der Waals surface area contributed by atoms with Gasteiger partial charge in [0.1, 0.15) is 29.4 Å². The molecule has 0 unspecified atom stereocenters. The number of aryl methyl sites for hydroxylation is 1. The molecule has 5 heteroatoms. The molecular weight excluding hydrogens is 248 g/mol. The number of carboxylic acid groups (broad SMARTS) is 1. The molecule has 0 aliphatic heterocycles. The summed E-state index contributed by atoms with van der Waals surface area (Å²) in [4.78, 5) is 10.9. The van der Waals surface area contributed by atoms with Crippen molar-refractivity contribution in [3.05, 3.63) is 53.0 Å². The van der Waals surface area contributed by atoms with Gasteiger partial charge < -0.3 is 19.4 Å². The van der Waals surface area contributed by atoms with Crippen LogP contribution in [0.1, 0.15) is 27.4 Å². The van der Waals surface area contributed by atoms with Crippen LogP contribution in [0, 0.1) is 6.92 Å². The maximum Gasteiger partial charge on any atom is 0.339 e. The van der Waals surface area contributed by atoms with Gasteiger partial charge in [-0.2, -0.15) is 0 Å². The zero-order chi connectivity index (χ0) is 13.8. The topological polar surface area (TPSA) is 79.9 Å². The minimum atomic E-state index is -1.02. The van der Waals surface area contributed by atoms with E-state index in [1.54, 1.807) is 31.2 Å². The fourth-order valence-electron chi connectivity index (χ4n) is 1.72. The normalized spacial score (nSPS) is 10.4. The lowest BCUT2D eigenvalue weighted by atomic mass is 10.2. The molecule has 19 heavy (non-hydrogen) atoms. The van der Waals surface area contributed by atoms with Gasteiger partial charge >= 0.3 is 5.97 Å². The third-order valence-corrected chi connectivity index (χ3v) is 2.66. The molecule has 2 rings (SSSR count). The summed E-state index contributed by atoms with van der Waals surface area (Å²) in [6.07, 6.45) is 0. The summed E-state index contributed by atoms with van der Waals surface area (Å²) in [5.74, 6) is 0.381. The van der Waals surface area contributed by atoms with Gasteiger partial charge in [0.25, 0.3) is 0 Å². The number of ether oxygens (including phenoxy) is 1. The molecule has 0 aliphatic carbocycles. The van der Waals surface area contributed by atoms with Gasteiger partial charge in [-0.05, 0) is 30.7 Å². The number of rotatable bonds is 5. The van der Waals surface area contributed by atoms with Crippen molar-refractivity contribution in [2.45, 2.75) is 20.1 Å². The van der Waals surface area contributed by atoms with E-state index in [0.29, 0.717) is 17.3 Å². The van der Waals surface area contributed by atoms with Gasteiger partial charge in [0, 0.05) is 0 Å². The van der Waals surface area contributed by atoms with E-state index in [9.17, 15) is 4.79 Å². The van der Waals surface area contributed by atoms with E-state index in [-0.39, 0.29) is 18.8 Å². The van der Waals surface area contributed by atoms with Crippen LogP contribution < -0.4 is 4.74 Å². The Labute approximate surface area is 110 Å². The quantitative estimate of drug-likeness (QED) is 0.864. The highest BCUT2D eigenvalue weighted by molar-refractivity contribution is 5.88. The Morgan fingerprint density at radius 1 is 1.37 bits per heavy atom. The fourth-order valence-corrected chi connectivity index (χ4v) is 1.72. The highest BCUT2D eigenvalue weighted by atomic mass is 16.5. The van der Waals surface area contributed by atoms with E-state index >= 15 is 0 Å². The zero-order valence-electron chi connectivity index (χ0n) is 10.4. The van der Waals surface area contributed by atoms with Gasteiger partial charge in [-0.1, -0.05) is 12.1 Å². The first-order valence-electron chi connectivity index (χ1n) is 5.75. The zero-order valence-corrected chi connectivity index (χ0v) is 10.4. The molecule has 0 radical (unpaired) electrons. The number of carboxylic acids is 1. The second-order valence-electron chi connectivity index (χ2n) is 4.08. The van der Waals surface area contributed by atoms with Gasteiger partial charge in [-0.15, -0.1) is 0 Å². The lowest BCUT2D eigenvalue weighted by Crippen LogP contribution is -1.96. The van der Waals surface area contributed by atoms with Gasteiger partial charge in [-0.3, -0.25) is 0 Å². The average Bonchev–Trinajstić information content (AvgIpc) is 2.78. The third-order valence-electron chi connectivity index (χ3n) is 2.66. The van der Waals surface area contributed by atoms with Crippen molar-refractivity contribution >= 4 is 5.97 Å². The maximum atomic E-state index is 10.9. The number of hydrogen-bond acceptors (Lipinski definition) is 4. The summed E-state index contributed by atoms with van der Waals surface area (Å²) in [6.45, 7) is 1.68. The fraction of sp³-hybridized carbons (Fsp3) is 0.214. The number of carbonyl (C=O) groups is 1. The van der Waals surface area contributed by atoms with E-state index in [2.05, 4.69) is 0 Å². The Hall–Kier alpha value is -2.27. The summed E-state index contributed by atoms with van der Waals surface area (Å²) in [7, 11) is 0. The van der Waals surface area contributed by atoms with Crippen molar-refractivity contribution in [3.63, 3.8) is 0 Å². The minimum Gasteiger partial charge on any atom is -0.486 e. The average molecular weight is 262 g/mol. The van der Waals surface area contributed by atoms with Crippen LogP contribution in [-0.2, 0) is 13.2 Å². The lowest BCUT2D eigenvalue weighted by molar-refractivity contribution is 0.0695. The molecule has 0 spiro atoms. The predicted molar refractivity (Wildman–Crippen MR) is 67.1 cm³/mol. The van der Waals surface area contributed by atoms with Crippen molar-refractivity contribution in [3.8, 4) is 5.75 Å². The van der Waals surface area contributed by atoms with Crippen LogP contribution in [0.25, 0.3) is 0 Å². The largest absolute Gasteiger partial charge is 0.486 e. The Balaban J connectivity index is 2.06. The van der Waals surface area contributed by atoms with E-state index in [1.165, 1.54) is 6.07 Å². The molecule has 100 valence electrons. The van der Waals surface area contributed by atoms with Gasteiger partial charge in [-0.25, -0.2) is 4.79 Å². The van der Waals surface area contributed by atoms with Crippen LogP contribution in [0.5, 0.6) is 5.75 Å². The van der Waals surface area contributed by atoms with Crippen LogP contribution in [0.15, 0.2) is 34.7 Å². The number of hydrogen-bond donors (Lipinski definition) is 2. The van der Waals surface area contributed by atoms with E-state index < -0.39 is 5.97 Å². The smallest absolute Gasteiger partial charge is 0.339 e. The monoisotopic (exact) mass is 262 g/mol. The van der Waals surface area contributed by atoms with Crippen LogP contribution in [0.3, 0.4) is 0 Å². The van der Waals surface area contributed by atoms with E-state index in [0.717, 1.165) is 5.56 Å². The number of aromatic carboxylic acids is 1. The standard InChI is InChI=1S/C14H14O5/c1-9-13(14(16)17)6-12(19-9)8-18-11-4-2-3-10(5-11)7-15/h2-6,15H,7-8H2,1H3,(H,16,17). The molecule has 0 amide bonds. The molecule has 0 fully saturated rings. The van der Waals surface area contributed by atoms with Gasteiger partial charge in [0.05, 0.1) is 6.61 Å². The summed E-state index contributed by atoms with van der Waals surface area (Å²) in [5.41, 5.74) is 0.891. The highest BCUT2D eigenvalue weighted by Gasteiger charge is 2.13. The SMILES string of the molecule is Cc1oc(COc2cccc(CO)c2)cc1C(=O)O. The Kier molecular flexibility index (Phi) is 3.87. The van der Waals surface area contributed by atoms with Crippen LogP contribution in [0.4, 0.5) is 0 Å². The first-order valence-corrected chi connectivity index (χ1v) is 5.75. The summed E-state index contributed by atoms with van der Waals surface area (Å²) >= 11 is 0. The number of furan rings is 1. The Morgan fingerprint density at radius 2 is 2.16 bits per heavy atom. The predicted octanol–water partition coefficient (Wildman–Crippen LogP) is 2.36. The number of benzene rings is 1. The summed E-state index contributed by atoms with van der Waals surface area (Å²) in [6, 6.07) is 8.48. The summed E-state index contributed by atoms with van der Waals surface area (Å²) < 4.78 is 10.8. The highest BCUT2D eigenvalue weighted by Crippen LogP contribution is 2.18. The number of aliphatic hydroxyl groups excluding tert-OH is 1. The van der Waals surface area contributed by atoms with Crippen LogP contribution in [0.2, 0.25) is 0 Å². The van der Waals surface area contributed by atoms with E-state index in [1.807, 2.05) is 0 Å². The van der Waals surface area contributed by atoms with Crippen molar-refractivity contribution in [2.24, 2.45) is 0 Å². The summed E-state index contributed by atoms with van der Waals surface area (Å²) in [5, 5.41) is 17.9. The van der Waals surface area contributed by atoms with Crippen molar-refractivity contribution in [1.82, 2.24) is 0 Å². The van der Waals surface area contributed by atoms with Gasteiger partial charge in [0.15, 0.2) is 0 Å². The number of aliphatic hydroxyl groups is 1. The molecule has 1 heterocycles. The molecule has 1 aromatic heterocycles. The van der Waals surface area contributed by atoms with Crippen LogP contribution in [-0.4, -0.2) is 16.2 Å². The molecule has 0 saturated heterocycles. The van der Waals surface area contributed by atoms with Crippen molar-refractivity contribution < 1.29 is 24.2 Å². The molecular formula is C14H14O5. The molecule has 1 aromatic carbocycles. The maximum absolute atomic E-state index is 10.9. The Morgan fingerprint density at radius 3 is 2.79 bits per heavy atom. The lowest BCUT2D eigenvalue weighted by Gasteiger charge is -2.05. The third kappa shape index (κ3) is 3.14. The second kappa shape index (κ2) is 5.58. The first-order chi connectivity index (χ1) is 9.10. The van der Waals surface area contributed by atoms with Gasteiger partial charge in [0.2, 0.25) is 0 Å². The van der Waals surface area contributed by atoms with Crippen LogP contribution >= 0.6 is 0 Å². The second-order valence-corrected chi connectivity index (χ2v) is 4.08. The van der Waals surface area contributed by atoms with Crippen molar-refractivity contribution in [1.29, 1.82) is 0 Å². The minimum absolute atomic E-state index is 0.0553. The molecule has 2 N–H and O–H groups in total. The molecule has 5 nitrogen and oxygen atoms in total. The Bertz CT molecular complexity index is 585. The molecule has 0 aliphatic rings. The first kappa shape index (κ1) is 13.2. The van der Waals surface area contributed by atoms with E-state index in [4.69, 9.17) is 19.4 Å². The molecule has 2 aromatic rings. The molecule has 0 saturated carbocycles. The molecule has 0 bridgehead atoms.